The summed E-state index contributed by atoms with van der Waals surface area (Å²) >= 11 is 2.12. The molecular formula is C14H26N2OS. The zero-order valence-corrected chi connectivity index (χ0v) is 12.0. The van der Waals surface area contributed by atoms with Crippen LogP contribution in [0.25, 0.3) is 0 Å². The van der Waals surface area contributed by atoms with Gasteiger partial charge in [0, 0.05) is 30.4 Å². The summed E-state index contributed by atoms with van der Waals surface area (Å²) in [6.07, 6.45) is 6.90. The molecule has 3 fully saturated rings. The Hall–Kier alpha value is 0.230. The fourth-order valence-corrected chi connectivity index (χ4v) is 4.80. The zero-order chi connectivity index (χ0) is 12.2. The maximum atomic E-state index is 5.64. The van der Waals surface area contributed by atoms with Crippen molar-refractivity contribution in [3.8, 4) is 0 Å². The minimum atomic E-state index is 0.593. The number of hydrogen-bond donors (Lipinski definition) is 2. The largest absolute Gasteiger partial charge is 0.379 e. The van der Waals surface area contributed by atoms with Crippen molar-refractivity contribution in [1.82, 2.24) is 10.6 Å². The molecule has 0 aromatic heterocycles. The Morgan fingerprint density at radius 3 is 2.94 bits per heavy atom. The van der Waals surface area contributed by atoms with E-state index in [-0.39, 0.29) is 0 Å². The standard InChI is InChI=1S/C14H26N2OS/c1-4-12(14-9-17-7-6-15-14)13(5-1)16-11-3-2-8-18-10-11/h11-16H,1-10H2. The second kappa shape index (κ2) is 6.60. The summed E-state index contributed by atoms with van der Waals surface area (Å²) in [5.74, 6) is 3.47. The second-order valence-corrected chi connectivity index (χ2v) is 7.07. The highest BCUT2D eigenvalue weighted by molar-refractivity contribution is 7.99. The summed E-state index contributed by atoms with van der Waals surface area (Å²) in [6, 6.07) is 2.08. The van der Waals surface area contributed by atoms with Crippen molar-refractivity contribution in [3.63, 3.8) is 0 Å². The van der Waals surface area contributed by atoms with E-state index in [0.717, 1.165) is 37.8 Å². The Bertz CT molecular complexity index is 252. The van der Waals surface area contributed by atoms with Crippen LogP contribution in [0, 0.1) is 5.92 Å². The van der Waals surface area contributed by atoms with E-state index in [9.17, 15) is 0 Å². The average molecular weight is 270 g/mol. The predicted octanol–water partition coefficient (Wildman–Crippen LogP) is 1.63. The van der Waals surface area contributed by atoms with Gasteiger partial charge < -0.3 is 15.4 Å². The lowest BCUT2D eigenvalue weighted by atomic mass is 9.93. The molecule has 2 saturated heterocycles. The van der Waals surface area contributed by atoms with Gasteiger partial charge in [0.2, 0.25) is 0 Å². The lowest BCUT2D eigenvalue weighted by Crippen LogP contribution is -2.53. The molecule has 4 atom stereocenters. The second-order valence-electron chi connectivity index (χ2n) is 5.92. The van der Waals surface area contributed by atoms with Gasteiger partial charge in [0.1, 0.15) is 0 Å². The molecule has 3 rings (SSSR count). The molecule has 2 aliphatic heterocycles. The summed E-state index contributed by atoms with van der Waals surface area (Å²) in [6.45, 7) is 2.84. The molecule has 18 heavy (non-hydrogen) atoms. The molecule has 1 aliphatic carbocycles. The predicted molar refractivity (Wildman–Crippen MR) is 77.2 cm³/mol. The van der Waals surface area contributed by atoms with E-state index in [1.165, 1.54) is 43.6 Å². The monoisotopic (exact) mass is 270 g/mol. The number of ether oxygens (including phenoxy) is 1. The lowest BCUT2D eigenvalue weighted by Gasteiger charge is -2.35. The number of nitrogens with one attached hydrogen (secondary N) is 2. The van der Waals surface area contributed by atoms with Gasteiger partial charge in [-0.3, -0.25) is 0 Å². The maximum absolute atomic E-state index is 5.64. The molecule has 0 amide bonds. The van der Waals surface area contributed by atoms with E-state index in [2.05, 4.69) is 22.4 Å². The van der Waals surface area contributed by atoms with Crippen molar-refractivity contribution in [2.75, 3.05) is 31.3 Å². The molecular weight excluding hydrogens is 244 g/mol. The normalized spacial score (nSPS) is 42.0. The van der Waals surface area contributed by atoms with Crippen LogP contribution < -0.4 is 10.6 Å². The Balaban J connectivity index is 1.53. The highest BCUT2D eigenvalue weighted by Crippen LogP contribution is 2.31. The highest BCUT2D eigenvalue weighted by atomic mass is 32.2. The molecule has 3 aliphatic rings. The summed E-state index contributed by atoms with van der Waals surface area (Å²) in [5.41, 5.74) is 0. The number of hydrogen-bond acceptors (Lipinski definition) is 4. The first-order chi connectivity index (χ1) is 8.93. The van der Waals surface area contributed by atoms with Gasteiger partial charge in [-0.05, 0) is 37.4 Å². The Morgan fingerprint density at radius 2 is 2.17 bits per heavy atom. The molecule has 0 aromatic carbocycles. The van der Waals surface area contributed by atoms with Crippen molar-refractivity contribution < 1.29 is 4.74 Å². The van der Waals surface area contributed by atoms with Crippen LogP contribution in [0.1, 0.15) is 32.1 Å². The van der Waals surface area contributed by atoms with Gasteiger partial charge in [0.15, 0.2) is 0 Å². The molecule has 1 saturated carbocycles. The summed E-state index contributed by atoms with van der Waals surface area (Å²) in [7, 11) is 0. The molecule has 4 heteroatoms. The average Bonchev–Trinajstić information content (AvgIpc) is 2.89. The van der Waals surface area contributed by atoms with E-state index in [0.29, 0.717) is 6.04 Å². The molecule has 0 bridgehead atoms. The van der Waals surface area contributed by atoms with Crippen LogP contribution in [0.3, 0.4) is 0 Å². The van der Waals surface area contributed by atoms with Crippen molar-refractivity contribution in [1.29, 1.82) is 0 Å². The third-order valence-electron chi connectivity index (χ3n) is 4.65. The lowest BCUT2D eigenvalue weighted by molar-refractivity contribution is 0.0517. The van der Waals surface area contributed by atoms with Gasteiger partial charge in [0.25, 0.3) is 0 Å². The van der Waals surface area contributed by atoms with Crippen LogP contribution in [-0.2, 0) is 4.74 Å². The third kappa shape index (κ3) is 3.21. The molecule has 2 N–H and O–H groups in total. The van der Waals surface area contributed by atoms with Crippen LogP contribution in [-0.4, -0.2) is 49.4 Å². The SMILES string of the molecule is C1CSCC(NC2CCCC2C2COCCN2)C1. The maximum Gasteiger partial charge on any atom is 0.0623 e. The van der Waals surface area contributed by atoms with Crippen LogP contribution in [0.2, 0.25) is 0 Å². The topological polar surface area (TPSA) is 33.3 Å². The van der Waals surface area contributed by atoms with Crippen LogP contribution in [0.5, 0.6) is 0 Å². The van der Waals surface area contributed by atoms with Gasteiger partial charge in [-0.25, -0.2) is 0 Å². The first-order valence-electron chi connectivity index (χ1n) is 7.58. The van der Waals surface area contributed by atoms with E-state index in [1.807, 2.05) is 0 Å². The number of rotatable bonds is 3. The first-order valence-corrected chi connectivity index (χ1v) is 8.74. The Kier molecular flexibility index (Phi) is 4.85. The molecule has 0 aromatic rings. The highest BCUT2D eigenvalue weighted by Gasteiger charge is 2.35. The van der Waals surface area contributed by atoms with Crippen molar-refractivity contribution in [2.24, 2.45) is 5.92 Å². The summed E-state index contributed by atoms with van der Waals surface area (Å²) in [5, 5.41) is 7.61. The summed E-state index contributed by atoms with van der Waals surface area (Å²) in [4.78, 5) is 0. The molecule has 2 heterocycles. The number of morpholine rings is 1. The van der Waals surface area contributed by atoms with Gasteiger partial charge in [-0.1, -0.05) is 6.42 Å². The fraction of sp³-hybridized carbons (Fsp3) is 1.00. The number of thioether (sulfide) groups is 1. The smallest absolute Gasteiger partial charge is 0.0623 e. The fourth-order valence-electron chi connectivity index (χ4n) is 3.71. The van der Waals surface area contributed by atoms with E-state index in [4.69, 9.17) is 4.74 Å². The summed E-state index contributed by atoms with van der Waals surface area (Å²) < 4.78 is 5.64. The minimum absolute atomic E-state index is 0.593. The molecule has 3 nitrogen and oxygen atoms in total. The van der Waals surface area contributed by atoms with Crippen molar-refractivity contribution >= 4 is 11.8 Å². The van der Waals surface area contributed by atoms with Crippen molar-refractivity contribution in [3.05, 3.63) is 0 Å². The Labute approximate surface area is 115 Å². The van der Waals surface area contributed by atoms with Gasteiger partial charge in [-0.15, -0.1) is 0 Å². The minimum Gasteiger partial charge on any atom is -0.379 e. The molecule has 0 radical (unpaired) electrons. The zero-order valence-electron chi connectivity index (χ0n) is 11.2. The Morgan fingerprint density at radius 1 is 1.17 bits per heavy atom. The third-order valence-corrected chi connectivity index (χ3v) is 5.86. The molecule has 0 spiro atoms. The van der Waals surface area contributed by atoms with Crippen LogP contribution in [0.15, 0.2) is 0 Å². The van der Waals surface area contributed by atoms with Crippen LogP contribution >= 0.6 is 11.8 Å². The van der Waals surface area contributed by atoms with Crippen molar-refractivity contribution in [2.45, 2.75) is 50.2 Å². The van der Waals surface area contributed by atoms with E-state index < -0.39 is 0 Å². The molecule has 104 valence electrons. The quantitative estimate of drug-likeness (QED) is 0.817. The van der Waals surface area contributed by atoms with E-state index >= 15 is 0 Å². The van der Waals surface area contributed by atoms with Gasteiger partial charge >= 0.3 is 0 Å². The molecule has 4 unspecified atom stereocenters. The van der Waals surface area contributed by atoms with Gasteiger partial charge in [0.05, 0.1) is 13.2 Å². The van der Waals surface area contributed by atoms with E-state index in [1.54, 1.807) is 0 Å². The van der Waals surface area contributed by atoms with Crippen LogP contribution in [0.4, 0.5) is 0 Å². The van der Waals surface area contributed by atoms with Gasteiger partial charge in [-0.2, -0.15) is 11.8 Å². The first kappa shape index (κ1) is 13.2.